The van der Waals surface area contributed by atoms with E-state index in [0.29, 0.717) is 11.1 Å². The van der Waals surface area contributed by atoms with Gasteiger partial charge in [0.2, 0.25) is 0 Å². The first-order valence-corrected chi connectivity index (χ1v) is 6.78. The Morgan fingerprint density at radius 1 is 0.955 bits per heavy atom. The molecule has 116 valence electrons. The highest BCUT2D eigenvalue weighted by atomic mass is 16.4. The minimum absolute atomic E-state index is 0.0487. The lowest BCUT2D eigenvalue weighted by molar-refractivity contribution is -0.143. The number of carboxylic acids is 1. The summed E-state index contributed by atoms with van der Waals surface area (Å²) in [7, 11) is 0. The summed E-state index contributed by atoms with van der Waals surface area (Å²) in [5.74, 6) is -1.00. The van der Waals surface area contributed by atoms with Crippen LogP contribution in [0.1, 0.15) is 11.1 Å². The van der Waals surface area contributed by atoms with Crippen LogP contribution >= 0.6 is 0 Å². The Hall–Kier alpha value is -2.57. The van der Waals surface area contributed by atoms with E-state index >= 15 is 0 Å². The molecule has 0 fully saturated rings. The van der Waals surface area contributed by atoms with Gasteiger partial charge in [0.05, 0.1) is 0 Å². The summed E-state index contributed by atoms with van der Waals surface area (Å²) in [6, 6.07) is 11.9. The van der Waals surface area contributed by atoms with Gasteiger partial charge in [-0.1, -0.05) is 24.3 Å². The number of aromatic hydroxyl groups is 2. The largest absolute Gasteiger partial charge is 0.508 e. The zero-order valence-electron chi connectivity index (χ0n) is 11.9. The van der Waals surface area contributed by atoms with Crippen molar-refractivity contribution in [2.45, 2.75) is 5.54 Å². The predicted molar refractivity (Wildman–Crippen MR) is 81.7 cm³/mol. The van der Waals surface area contributed by atoms with Gasteiger partial charge in [0, 0.05) is 13.1 Å². The van der Waals surface area contributed by atoms with E-state index in [4.69, 9.17) is 5.73 Å². The molecule has 0 aliphatic heterocycles. The minimum Gasteiger partial charge on any atom is -0.508 e. The third-order valence-corrected chi connectivity index (χ3v) is 3.46. The smallest absolute Gasteiger partial charge is 0.333 e. The summed E-state index contributed by atoms with van der Waals surface area (Å²) < 4.78 is 0. The van der Waals surface area contributed by atoms with Gasteiger partial charge >= 0.3 is 5.97 Å². The number of hydrogen-bond acceptors (Lipinski definition) is 5. The van der Waals surface area contributed by atoms with Gasteiger partial charge < -0.3 is 21.1 Å². The fraction of sp³-hybridized carbons (Fsp3) is 0.188. The molecule has 2 aromatic rings. The zero-order valence-corrected chi connectivity index (χ0v) is 11.9. The SMILES string of the molecule is NCCNC(C(=O)O)(c1ccc(O)cc1)c1ccc(O)cc1. The number of benzene rings is 2. The molecule has 0 aromatic heterocycles. The number of nitrogens with one attached hydrogen (secondary N) is 1. The van der Waals surface area contributed by atoms with Crippen LogP contribution < -0.4 is 11.1 Å². The number of nitrogens with two attached hydrogens (primary N) is 1. The van der Waals surface area contributed by atoms with E-state index in [9.17, 15) is 20.1 Å². The molecule has 6 heteroatoms. The van der Waals surface area contributed by atoms with Crippen molar-refractivity contribution in [3.05, 3.63) is 59.7 Å². The molecule has 0 aliphatic carbocycles. The summed E-state index contributed by atoms with van der Waals surface area (Å²) >= 11 is 0. The van der Waals surface area contributed by atoms with Gasteiger partial charge in [-0.25, -0.2) is 4.79 Å². The maximum atomic E-state index is 12.1. The molecule has 22 heavy (non-hydrogen) atoms. The van der Waals surface area contributed by atoms with Crippen molar-refractivity contribution in [2.24, 2.45) is 5.73 Å². The molecular formula is C16H18N2O4. The first-order valence-electron chi connectivity index (χ1n) is 6.78. The normalized spacial score (nSPS) is 11.3. The first-order chi connectivity index (χ1) is 10.5. The van der Waals surface area contributed by atoms with Crippen molar-refractivity contribution >= 4 is 5.97 Å². The van der Waals surface area contributed by atoms with Crippen LogP contribution in [0.15, 0.2) is 48.5 Å². The second kappa shape index (κ2) is 6.46. The van der Waals surface area contributed by atoms with Crippen molar-refractivity contribution in [1.29, 1.82) is 0 Å². The second-order valence-corrected chi connectivity index (χ2v) is 4.86. The second-order valence-electron chi connectivity index (χ2n) is 4.86. The molecule has 0 bridgehead atoms. The fourth-order valence-electron chi connectivity index (χ4n) is 2.38. The molecule has 0 saturated heterocycles. The Labute approximate surface area is 127 Å². The topological polar surface area (TPSA) is 116 Å². The van der Waals surface area contributed by atoms with E-state index in [1.807, 2.05) is 0 Å². The van der Waals surface area contributed by atoms with E-state index in [2.05, 4.69) is 5.32 Å². The van der Waals surface area contributed by atoms with Crippen molar-refractivity contribution in [1.82, 2.24) is 5.32 Å². The van der Waals surface area contributed by atoms with Crippen LogP contribution in [0.2, 0.25) is 0 Å². The van der Waals surface area contributed by atoms with Crippen LogP contribution in [0.25, 0.3) is 0 Å². The molecule has 0 amide bonds. The fourth-order valence-corrected chi connectivity index (χ4v) is 2.38. The predicted octanol–water partition coefficient (Wildman–Crippen LogP) is 0.974. The molecule has 2 aromatic carbocycles. The van der Waals surface area contributed by atoms with Crippen molar-refractivity contribution in [2.75, 3.05) is 13.1 Å². The Morgan fingerprint density at radius 2 is 1.36 bits per heavy atom. The van der Waals surface area contributed by atoms with Gasteiger partial charge in [-0.15, -0.1) is 0 Å². The van der Waals surface area contributed by atoms with Crippen molar-refractivity contribution in [3.8, 4) is 11.5 Å². The maximum absolute atomic E-state index is 12.1. The lowest BCUT2D eigenvalue weighted by Crippen LogP contribution is -2.51. The third kappa shape index (κ3) is 2.88. The van der Waals surface area contributed by atoms with Gasteiger partial charge in [-0.2, -0.15) is 0 Å². The summed E-state index contributed by atoms with van der Waals surface area (Å²) in [5.41, 5.74) is 4.90. The van der Waals surface area contributed by atoms with E-state index in [1.165, 1.54) is 24.3 Å². The quantitative estimate of drug-likeness (QED) is 0.543. The van der Waals surface area contributed by atoms with Crippen LogP contribution in [0.3, 0.4) is 0 Å². The van der Waals surface area contributed by atoms with E-state index < -0.39 is 11.5 Å². The number of phenolic OH excluding ortho intramolecular Hbond substituents is 2. The molecule has 0 radical (unpaired) electrons. The van der Waals surface area contributed by atoms with Crippen LogP contribution in [0.5, 0.6) is 11.5 Å². The molecule has 6 nitrogen and oxygen atoms in total. The Morgan fingerprint density at radius 3 is 1.68 bits per heavy atom. The van der Waals surface area contributed by atoms with E-state index in [0.717, 1.165) is 0 Å². The third-order valence-electron chi connectivity index (χ3n) is 3.46. The van der Waals surface area contributed by atoms with E-state index in [-0.39, 0.29) is 24.6 Å². The summed E-state index contributed by atoms with van der Waals surface area (Å²) in [6.45, 7) is 0.555. The van der Waals surface area contributed by atoms with Crippen molar-refractivity contribution < 1.29 is 20.1 Å². The number of carboxylic acid groups (broad SMARTS) is 1. The molecule has 2 rings (SSSR count). The van der Waals surface area contributed by atoms with Crippen LogP contribution in [0, 0.1) is 0 Å². The molecule has 0 saturated carbocycles. The summed E-state index contributed by atoms with van der Waals surface area (Å²) in [6.07, 6.45) is 0. The summed E-state index contributed by atoms with van der Waals surface area (Å²) in [4.78, 5) is 12.1. The number of rotatable bonds is 6. The number of aliphatic carboxylic acids is 1. The van der Waals surface area contributed by atoms with Gasteiger partial charge in [0.25, 0.3) is 0 Å². The molecule has 0 heterocycles. The van der Waals surface area contributed by atoms with Gasteiger partial charge in [0.15, 0.2) is 5.54 Å². The van der Waals surface area contributed by atoms with E-state index in [1.54, 1.807) is 24.3 Å². The number of carbonyl (C=O) groups is 1. The molecular weight excluding hydrogens is 284 g/mol. The van der Waals surface area contributed by atoms with Gasteiger partial charge in [-0.3, -0.25) is 5.32 Å². The van der Waals surface area contributed by atoms with Crippen LogP contribution in [-0.4, -0.2) is 34.4 Å². The molecule has 0 unspecified atom stereocenters. The molecule has 0 aliphatic rings. The molecule has 0 atom stereocenters. The lowest BCUT2D eigenvalue weighted by Gasteiger charge is -2.32. The van der Waals surface area contributed by atoms with Crippen LogP contribution in [-0.2, 0) is 10.3 Å². The Bertz CT molecular complexity index is 593. The highest BCUT2D eigenvalue weighted by molar-refractivity contribution is 5.85. The summed E-state index contributed by atoms with van der Waals surface area (Å²) in [5, 5.41) is 31.7. The standard InChI is InChI=1S/C16H18N2O4/c17-9-10-18-16(15(21)22,11-1-5-13(19)6-2-11)12-3-7-14(20)8-4-12/h1-8,18-20H,9-10,17H2,(H,21,22). The molecule has 6 N–H and O–H groups in total. The number of hydrogen-bond donors (Lipinski definition) is 5. The minimum atomic E-state index is -1.51. The highest BCUT2D eigenvalue weighted by Crippen LogP contribution is 2.32. The average molecular weight is 302 g/mol. The Balaban J connectivity index is 2.62. The zero-order chi connectivity index (χ0) is 16.2. The van der Waals surface area contributed by atoms with Crippen molar-refractivity contribution in [3.63, 3.8) is 0 Å². The highest BCUT2D eigenvalue weighted by Gasteiger charge is 2.41. The average Bonchev–Trinajstić information content (AvgIpc) is 2.50. The monoisotopic (exact) mass is 302 g/mol. The Kier molecular flexibility index (Phi) is 4.65. The lowest BCUT2D eigenvalue weighted by atomic mass is 9.82. The van der Waals surface area contributed by atoms with Gasteiger partial charge in [-0.05, 0) is 35.4 Å². The van der Waals surface area contributed by atoms with Crippen LogP contribution in [0.4, 0.5) is 0 Å². The van der Waals surface area contributed by atoms with Gasteiger partial charge in [0.1, 0.15) is 11.5 Å². The first kappa shape index (κ1) is 15.8. The maximum Gasteiger partial charge on any atom is 0.333 e. The molecule has 0 spiro atoms. The number of phenols is 2.